The summed E-state index contributed by atoms with van der Waals surface area (Å²) in [6.45, 7) is 6.33. The first-order valence-electron chi connectivity index (χ1n) is 33.0. The molecule has 0 aliphatic heterocycles. The molecule has 0 aromatic heterocycles. The number of esters is 3. The molecule has 1 unspecified atom stereocenters. The number of unbranched alkanes of at least 4 members (excludes halogenated alkanes) is 21. The predicted octanol–water partition coefficient (Wildman–Crippen LogP) is 22.9. The van der Waals surface area contributed by atoms with Gasteiger partial charge < -0.3 is 14.2 Å². The van der Waals surface area contributed by atoms with Gasteiger partial charge >= 0.3 is 17.9 Å². The van der Waals surface area contributed by atoms with Crippen LogP contribution in [0.3, 0.4) is 0 Å². The molecule has 81 heavy (non-hydrogen) atoms. The van der Waals surface area contributed by atoms with Crippen LogP contribution in [-0.2, 0) is 28.6 Å². The fourth-order valence-electron chi connectivity index (χ4n) is 8.64. The molecule has 0 aromatic rings. The molecule has 0 aliphatic carbocycles. The maximum Gasteiger partial charge on any atom is 0.306 e. The van der Waals surface area contributed by atoms with Gasteiger partial charge in [0, 0.05) is 19.3 Å². The molecule has 0 aliphatic rings. The predicted molar refractivity (Wildman–Crippen MR) is 352 cm³/mol. The minimum absolute atomic E-state index is 0.117. The molecule has 0 rings (SSSR count). The summed E-state index contributed by atoms with van der Waals surface area (Å²) < 4.78 is 16.8. The van der Waals surface area contributed by atoms with Gasteiger partial charge in [-0.05, 0) is 135 Å². The van der Waals surface area contributed by atoms with E-state index in [0.29, 0.717) is 19.3 Å². The second-order valence-corrected chi connectivity index (χ2v) is 21.3. The highest BCUT2D eigenvalue weighted by Gasteiger charge is 2.19. The van der Waals surface area contributed by atoms with Gasteiger partial charge in [-0.1, -0.05) is 281 Å². The highest BCUT2D eigenvalue weighted by molar-refractivity contribution is 5.71. The van der Waals surface area contributed by atoms with Crippen molar-refractivity contribution in [2.24, 2.45) is 0 Å². The standard InChI is InChI=1S/C75H120O6/c1-4-7-10-13-16-19-22-25-27-29-31-32-33-34-35-36-37-38-39-40-41-42-44-45-47-50-53-56-59-62-65-68-74(77)80-71-72(70-79-73(76)67-64-61-58-55-52-49-24-21-18-15-12-9-6-3)81-75(78)69-66-63-60-57-54-51-48-46-43-30-28-26-23-20-17-14-11-8-5-2/h7-8,10-11,16-17,19-21,24-28,31-32,34-35,37-38,43,46,51,54,60,63,72H,4-6,9,12-15,18,22-23,29-30,33,36,39-42,44-45,47-50,52-53,55-59,61-62,64-71H2,1-3H3/b10-7-,11-8-,19-16-,20-17-,24-21-,27-25-,28-26-,32-31-,35-34-,38-37-,46-43-,54-51-,63-60-. The van der Waals surface area contributed by atoms with E-state index in [4.69, 9.17) is 14.2 Å². The lowest BCUT2D eigenvalue weighted by Crippen LogP contribution is -2.30. The largest absolute Gasteiger partial charge is 0.462 e. The number of carbonyl (C=O) groups is 3. The third-order valence-corrected chi connectivity index (χ3v) is 13.5. The van der Waals surface area contributed by atoms with Crippen molar-refractivity contribution in [3.8, 4) is 0 Å². The minimum Gasteiger partial charge on any atom is -0.462 e. The van der Waals surface area contributed by atoms with Crippen LogP contribution in [0.4, 0.5) is 0 Å². The lowest BCUT2D eigenvalue weighted by atomic mass is 10.0. The number of hydrogen-bond donors (Lipinski definition) is 0. The minimum atomic E-state index is -0.830. The average Bonchev–Trinajstić information content (AvgIpc) is 3.46. The van der Waals surface area contributed by atoms with Crippen LogP contribution in [0.25, 0.3) is 0 Å². The molecule has 456 valence electrons. The topological polar surface area (TPSA) is 78.9 Å². The van der Waals surface area contributed by atoms with Crippen LogP contribution in [0.15, 0.2) is 158 Å². The summed E-state index contributed by atoms with van der Waals surface area (Å²) in [5.74, 6) is -1.01. The zero-order valence-electron chi connectivity index (χ0n) is 52.2. The van der Waals surface area contributed by atoms with Crippen LogP contribution in [-0.4, -0.2) is 37.2 Å². The normalized spacial score (nSPS) is 13.2. The van der Waals surface area contributed by atoms with Crippen LogP contribution < -0.4 is 0 Å². The Bertz CT molecular complexity index is 1810. The van der Waals surface area contributed by atoms with Gasteiger partial charge in [-0.25, -0.2) is 0 Å². The summed E-state index contributed by atoms with van der Waals surface area (Å²) in [5.41, 5.74) is 0. The van der Waals surface area contributed by atoms with Crippen LogP contribution in [0.1, 0.15) is 278 Å². The summed E-state index contributed by atoms with van der Waals surface area (Å²) in [7, 11) is 0. The Hall–Kier alpha value is -4.97. The van der Waals surface area contributed by atoms with Crippen molar-refractivity contribution < 1.29 is 28.6 Å². The Morgan fingerprint density at radius 1 is 0.259 bits per heavy atom. The van der Waals surface area contributed by atoms with E-state index in [1.807, 2.05) is 6.08 Å². The molecule has 0 saturated carbocycles. The fourth-order valence-corrected chi connectivity index (χ4v) is 8.64. The SMILES string of the molecule is CC/C=C\C/C=C\C/C=C\C/C=C\C/C=C\C/C=C\CCCCCCCCCCCCCCC(=O)OCC(COC(=O)CCCCCCC/C=C\CCCCCC)OC(=O)CC/C=C\C/C=C\C/C=C\C/C=C\C/C=C\C/C=C\CC. The molecule has 0 spiro atoms. The summed E-state index contributed by atoms with van der Waals surface area (Å²) >= 11 is 0. The second-order valence-electron chi connectivity index (χ2n) is 21.3. The molecule has 1 atom stereocenters. The van der Waals surface area contributed by atoms with Gasteiger partial charge in [-0.2, -0.15) is 0 Å². The van der Waals surface area contributed by atoms with Crippen molar-refractivity contribution >= 4 is 17.9 Å². The number of allylic oxidation sites excluding steroid dienone is 26. The Morgan fingerprint density at radius 2 is 0.506 bits per heavy atom. The number of rotatable bonds is 58. The van der Waals surface area contributed by atoms with Gasteiger partial charge in [0.15, 0.2) is 6.10 Å². The van der Waals surface area contributed by atoms with E-state index in [-0.39, 0.29) is 31.6 Å². The van der Waals surface area contributed by atoms with Crippen LogP contribution in [0.5, 0.6) is 0 Å². The summed E-state index contributed by atoms with van der Waals surface area (Å²) in [5, 5.41) is 0. The smallest absolute Gasteiger partial charge is 0.306 e. The van der Waals surface area contributed by atoms with Crippen molar-refractivity contribution in [3.05, 3.63) is 158 Å². The van der Waals surface area contributed by atoms with Crippen LogP contribution >= 0.6 is 0 Å². The highest BCUT2D eigenvalue weighted by atomic mass is 16.6. The Morgan fingerprint density at radius 3 is 0.815 bits per heavy atom. The second kappa shape index (κ2) is 67.5. The first-order valence-corrected chi connectivity index (χ1v) is 33.0. The molecule has 0 aromatic carbocycles. The zero-order chi connectivity index (χ0) is 58.5. The summed E-state index contributed by atoms with van der Waals surface area (Å²) in [6.07, 6.45) is 98.4. The first kappa shape index (κ1) is 76.0. The average molecular weight is 1120 g/mol. The van der Waals surface area contributed by atoms with Crippen LogP contribution in [0.2, 0.25) is 0 Å². The maximum absolute atomic E-state index is 12.9. The van der Waals surface area contributed by atoms with E-state index >= 15 is 0 Å². The van der Waals surface area contributed by atoms with Gasteiger partial charge in [-0.15, -0.1) is 0 Å². The molecule has 0 radical (unpaired) electrons. The van der Waals surface area contributed by atoms with Gasteiger partial charge in [0.2, 0.25) is 0 Å². The molecule has 0 fully saturated rings. The van der Waals surface area contributed by atoms with E-state index in [9.17, 15) is 14.4 Å². The van der Waals surface area contributed by atoms with Gasteiger partial charge in [0.05, 0.1) is 0 Å². The van der Waals surface area contributed by atoms with E-state index in [2.05, 4.69) is 173 Å². The maximum atomic E-state index is 12.9. The van der Waals surface area contributed by atoms with E-state index in [0.717, 1.165) is 128 Å². The lowest BCUT2D eigenvalue weighted by Gasteiger charge is -2.18. The van der Waals surface area contributed by atoms with E-state index in [1.165, 1.54) is 103 Å². The number of carbonyl (C=O) groups excluding carboxylic acids is 3. The molecular weight excluding hydrogens is 997 g/mol. The van der Waals surface area contributed by atoms with Crippen molar-refractivity contribution in [3.63, 3.8) is 0 Å². The third-order valence-electron chi connectivity index (χ3n) is 13.5. The van der Waals surface area contributed by atoms with Crippen molar-refractivity contribution in [1.29, 1.82) is 0 Å². The number of ether oxygens (including phenoxy) is 3. The van der Waals surface area contributed by atoms with Crippen LogP contribution in [0, 0.1) is 0 Å². The Kier molecular flexibility index (Phi) is 63.4. The van der Waals surface area contributed by atoms with E-state index in [1.54, 1.807) is 0 Å². The Labute approximate surface area is 499 Å². The van der Waals surface area contributed by atoms with Gasteiger partial charge in [-0.3, -0.25) is 14.4 Å². The molecular formula is C75H120O6. The lowest BCUT2D eigenvalue weighted by molar-refractivity contribution is -0.166. The molecule has 0 heterocycles. The monoisotopic (exact) mass is 1120 g/mol. The fraction of sp³-hybridized carbons (Fsp3) is 0.613. The first-order chi connectivity index (χ1) is 40.0. The third kappa shape index (κ3) is 65.7. The summed E-state index contributed by atoms with van der Waals surface area (Å²) in [4.78, 5) is 38.3. The van der Waals surface area contributed by atoms with Crippen molar-refractivity contribution in [1.82, 2.24) is 0 Å². The van der Waals surface area contributed by atoms with Gasteiger partial charge in [0.25, 0.3) is 0 Å². The molecule has 0 N–H and O–H groups in total. The summed E-state index contributed by atoms with van der Waals surface area (Å²) in [6, 6.07) is 0. The van der Waals surface area contributed by atoms with Crippen molar-refractivity contribution in [2.45, 2.75) is 284 Å². The number of hydrogen-bond acceptors (Lipinski definition) is 6. The highest BCUT2D eigenvalue weighted by Crippen LogP contribution is 2.15. The molecule has 0 amide bonds. The molecule has 6 nitrogen and oxygen atoms in total. The zero-order valence-corrected chi connectivity index (χ0v) is 52.2. The molecule has 0 saturated heterocycles. The Balaban J connectivity index is 4.37. The molecule has 0 bridgehead atoms. The van der Waals surface area contributed by atoms with Gasteiger partial charge in [0.1, 0.15) is 13.2 Å². The molecule has 6 heteroatoms. The van der Waals surface area contributed by atoms with Crippen molar-refractivity contribution in [2.75, 3.05) is 13.2 Å². The quantitative estimate of drug-likeness (QED) is 0.0261. The van der Waals surface area contributed by atoms with E-state index < -0.39 is 12.1 Å².